The van der Waals surface area contributed by atoms with Crippen LogP contribution in [-0.4, -0.2) is 57.8 Å². The van der Waals surface area contributed by atoms with E-state index in [0.29, 0.717) is 0 Å². The fraction of sp³-hybridized carbons (Fsp3) is 0.176. The van der Waals surface area contributed by atoms with E-state index in [0.717, 1.165) is 48.6 Å². The minimum Gasteiger partial charge on any atom is -0.293 e. The minimum atomic E-state index is 0.844. The van der Waals surface area contributed by atoms with E-state index in [1.807, 2.05) is 24.6 Å². The molecule has 7 rings (SSSR count). The van der Waals surface area contributed by atoms with Crippen LogP contribution in [-0.2, 0) is 14.1 Å². The maximum absolute atomic E-state index is 4.74. The van der Waals surface area contributed by atoms with Crippen molar-refractivity contribution in [1.82, 2.24) is 19.2 Å². The van der Waals surface area contributed by atoms with Gasteiger partial charge in [0.25, 0.3) is 11.3 Å². The summed E-state index contributed by atoms with van der Waals surface area (Å²) < 4.78 is 8.73. The van der Waals surface area contributed by atoms with Gasteiger partial charge in [0.2, 0.25) is 0 Å². The summed E-state index contributed by atoms with van der Waals surface area (Å²) in [6.45, 7) is 3.38. The molecule has 0 N–H and O–H groups in total. The predicted octanol–water partition coefficient (Wildman–Crippen LogP) is 4.16. The van der Waals surface area contributed by atoms with Crippen LogP contribution < -0.4 is 8.80 Å². The molecular weight excluding hydrogens is 520 g/mol. The monoisotopic (exact) mass is 554 g/mol. The van der Waals surface area contributed by atoms with Crippen molar-refractivity contribution in [2.24, 2.45) is 24.3 Å². The number of aryl methyl sites for hydroxylation is 2. The maximum atomic E-state index is 4.74. The lowest BCUT2D eigenvalue weighted by molar-refractivity contribution is -0.510. The molecule has 1 saturated heterocycles. The molecule has 6 aromatic rings. The summed E-state index contributed by atoms with van der Waals surface area (Å²) >= 11 is 0. The zero-order valence-electron chi connectivity index (χ0n) is 24.0. The number of fused-ring (bicyclic) bond motifs is 2. The van der Waals surface area contributed by atoms with Crippen molar-refractivity contribution in [3.63, 3.8) is 0 Å². The molecule has 0 bridgehead atoms. The first-order valence-electron chi connectivity index (χ1n) is 14.3. The molecule has 2 aromatic carbocycles. The Labute approximate surface area is 245 Å². The summed E-state index contributed by atoms with van der Waals surface area (Å²) in [5, 5.41) is 13.7. The molecule has 0 amide bonds. The van der Waals surface area contributed by atoms with E-state index in [4.69, 9.17) is 10.2 Å². The number of nitrogens with zero attached hydrogens (tertiary/aromatic N) is 8. The first-order chi connectivity index (χ1) is 20.6. The van der Waals surface area contributed by atoms with Gasteiger partial charge in [0.15, 0.2) is 11.4 Å². The van der Waals surface area contributed by atoms with Gasteiger partial charge in [-0.25, -0.2) is 17.9 Å². The topological polar surface area (TPSA) is 49.3 Å². The first-order valence-corrected chi connectivity index (χ1v) is 14.3. The Bertz CT molecular complexity index is 1760. The third-order valence-corrected chi connectivity index (χ3v) is 8.05. The van der Waals surface area contributed by atoms with Crippen molar-refractivity contribution in [2.45, 2.75) is 0 Å². The van der Waals surface area contributed by atoms with Crippen LogP contribution in [0.5, 0.6) is 0 Å². The average molecular weight is 555 g/mol. The lowest BCUT2D eigenvalue weighted by atomic mass is 10.1. The van der Waals surface area contributed by atoms with E-state index in [2.05, 4.69) is 140 Å². The fourth-order valence-corrected chi connectivity index (χ4v) is 5.59. The molecule has 0 atom stereocenters. The van der Waals surface area contributed by atoms with E-state index >= 15 is 0 Å². The highest BCUT2D eigenvalue weighted by Gasteiger charge is 2.17. The van der Waals surface area contributed by atoms with Crippen molar-refractivity contribution >= 4 is 23.7 Å². The molecule has 208 valence electrons. The van der Waals surface area contributed by atoms with Crippen molar-refractivity contribution in [1.29, 1.82) is 0 Å². The molecule has 1 fully saturated rings. The normalized spacial score (nSPS) is 14.2. The van der Waals surface area contributed by atoms with E-state index < -0.39 is 0 Å². The Morgan fingerprint density at radius 2 is 0.952 bits per heavy atom. The van der Waals surface area contributed by atoms with Gasteiger partial charge in [-0.05, 0) is 47.5 Å². The molecule has 0 unspecified atom stereocenters. The minimum absolute atomic E-state index is 0.844. The smallest absolute Gasteiger partial charge is 0.286 e. The van der Waals surface area contributed by atoms with Gasteiger partial charge in [-0.15, -0.1) is 0 Å². The summed E-state index contributed by atoms with van der Waals surface area (Å²) in [6.07, 6.45) is 12.4. The Kier molecular flexibility index (Phi) is 6.71. The number of pyridine rings is 2. The van der Waals surface area contributed by atoms with Crippen LogP contribution in [0.15, 0.2) is 120 Å². The van der Waals surface area contributed by atoms with Gasteiger partial charge in [-0.3, -0.25) is 10.0 Å². The second-order valence-corrected chi connectivity index (χ2v) is 10.7. The van der Waals surface area contributed by atoms with Crippen LogP contribution in [0.1, 0.15) is 11.1 Å². The molecule has 4 aromatic heterocycles. The number of piperazine rings is 1. The predicted molar refractivity (Wildman–Crippen MR) is 166 cm³/mol. The molecule has 8 heteroatoms. The second kappa shape index (κ2) is 11.0. The van der Waals surface area contributed by atoms with Crippen LogP contribution in [0, 0.1) is 0 Å². The van der Waals surface area contributed by atoms with Gasteiger partial charge >= 0.3 is 0 Å². The SMILES string of the molecule is Cn1c(-c2ccc(/C=N\N3CCN(/N=C/c4ccc(-c5c[n+]6ccccc6n5C)cc4)CC3)cc2)c[n+]2ccccc12. The standard InChI is InChI=1S/C34H34N8/c1-37-31(25-39-17-5-3-7-33(37)39)29-13-9-27(10-14-29)23-35-41-19-21-42(22-20-41)36-24-28-11-15-30(16-12-28)32-26-40-18-6-4-8-34(40)38(32)2/h3-18,23-26H,19-22H2,1-2H3/q+2/b35-23-,36-24+. The molecule has 1 aliphatic rings. The first kappa shape index (κ1) is 25.7. The van der Waals surface area contributed by atoms with Crippen LogP contribution in [0.25, 0.3) is 33.8 Å². The van der Waals surface area contributed by atoms with E-state index in [1.165, 1.54) is 22.5 Å². The van der Waals surface area contributed by atoms with Crippen molar-refractivity contribution in [2.75, 3.05) is 26.2 Å². The maximum Gasteiger partial charge on any atom is 0.286 e. The number of hydrogen-bond donors (Lipinski definition) is 0. The van der Waals surface area contributed by atoms with Gasteiger partial charge in [-0.1, -0.05) is 36.4 Å². The fourth-order valence-electron chi connectivity index (χ4n) is 5.59. The third-order valence-electron chi connectivity index (χ3n) is 8.05. The molecule has 0 spiro atoms. The summed E-state index contributed by atoms with van der Waals surface area (Å²) in [7, 11) is 4.21. The van der Waals surface area contributed by atoms with Crippen molar-refractivity contribution < 1.29 is 8.80 Å². The third kappa shape index (κ3) is 5.03. The van der Waals surface area contributed by atoms with Crippen LogP contribution in [0.4, 0.5) is 0 Å². The van der Waals surface area contributed by atoms with Crippen LogP contribution >= 0.6 is 0 Å². The molecule has 8 nitrogen and oxygen atoms in total. The Morgan fingerprint density at radius 1 is 0.548 bits per heavy atom. The van der Waals surface area contributed by atoms with Crippen LogP contribution in [0.3, 0.4) is 0 Å². The van der Waals surface area contributed by atoms with Gasteiger partial charge < -0.3 is 0 Å². The van der Waals surface area contributed by atoms with E-state index in [-0.39, 0.29) is 0 Å². The number of benzene rings is 2. The lowest BCUT2D eigenvalue weighted by Crippen LogP contribution is -2.41. The van der Waals surface area contributed by atoms with Crippen LogP contribution in [0.2, 0.25) is 0 Å². The Hall–Kier alpha value is -5.24. The largest absolute Gasteiger partial charge is 0.293 e. The zero-order chi connectivity index (χ0) is 28.5. The lowest BCUT2D eigenvalue weighted by Gasteiger charge is -2.31. The average Bonchev–Trinajstić information content (AvgIpc) is 3.56. The zero-order valence-corrected chi connectivity index (χ0v) is 24.0. The van der Waals surface area contributed by atoms with E-state index in [1.54, 1.807) is 0 Å². The highest BCUT2D eigenvalue weighted by molar-refractivity contribution is 5.81. The molecule has 0 aliphatic carbocycles. The van der Waals surface area contributed by atoms with E-state index in [9.17, 15) is 0 Å². The summed E-state index contributed by atoms with van der Waals surface area (Å²) in [5.41, 5.74) is 9.25. The number of imidazole rings is 2. The number of rotatable bonds is 6. The molecule has 42 heavy (non-hydrogen) atoms. The van der Waals surface area contributed by atoms with Gasteiger partial charge in [-0.2, -0.15) is 10.2 Å². The number of hydrogen-bond acceptors (Lipinski definition) is 4. The quantitative estimate of drug-likeness (QED) is 0.229. The highest BCUT2D eigenvalue weighted by atomic mass is 15.5. The van der Waals surface area contributed by atoms with Crippen molar-refractivity contribution in [3.8, 4) is 22.5 Å². The molecule has 1 aliphatic heterocycles. The van der Waals surface area contributed by atoms with Gasteiger partial charge in [0.05, 0.1) is 65.1 Å². The Morgan fingerprint density at radius 3 is 1.33 bits per heavy atom. The molecule has 0 saturated carbocycles. The number of hydrazone groups is 2. The molecule has 5 heterocycles. The summed E-state index contributed by atoms with van der Waals surface area (Å²) in [6, 6.07) is 29.7. The van der Waals surface area contributed by atoms with Gasteiger partial charge in [0, 0.05) is 23.3 Å². The van der Waals surface area contributed by atoms with Crippen molar-refractivity contribution in [3.05, 3.63) is 121 Å². The Balaban J connectivity index is 0.933. The summed E-state index contributed by atoms with van der Waals surface area (Å²) in [5.74, 6) is 0. The second-order valence-electron chi connectivity index (χ2n) is 10.7. The number of aromatic nitrogens is 4. The summed E-state index contributed by atoms with van der Waals surface area (Å²) in [4.78, 5) is 0. The molecule has 0 radical (unpaired) electrons. The van der Waals surface area contributed by atoms with Gasteiger partial charge in [0.1, 0.15) is 12.4 Å². The highest BCUT2D eigenvalue weighted by Crippen LogP contribution is 2.21. The molecular formula is C34H34N8+2.